The number of benzene rings is 2. The maximum atomic E-state index is 13.9. The van der Waals surface area contributed by atoms with Crippen molar-refractivity contribution in [2.75, 3.05) is 0 Å². The average molecular weight is 693 g/mol. The third-order valence-corrected chi connectivity index (χ3v) is 16.1. The highest BCUT2D eigenvalue weighted by Crippen LogP contribution is 2.45. The number of alkyl halides is 9. The highest BCUT2D eigenvalue weighted by molar-refractivity contribution is 6.82. The molecule has 2 aromatic carbocycles. The Balaban J connectivity index is 1.78. The van der Waals surface area contributed by atoms with Gasteiger partial charge in [-0.2, -0.15) is 39.5 Å². The quantitative estimate of drug-likeness (QED) is 0.174. The van der Waals surface area contributed by atoms with Crippen molar-refractivity contribution in [1.82, 2.24) is 9.13 Å². The molecule has 1 fully saturated rings. The molecular formula is C33H37F9N2O2Si. The molecular weight excluding hydrogens is 655 g/mol. The number of nitrogens with zero attached hydrogens (tertiary/aromatic N) is 2. The van der Waals surface area contributed by atoms with Gasteiger partial charge in [0.1, 0.15) is 6.10 Å². The largest absolute Gasteiger partial charge is 0.439 e. The molecule has 0 unspecified atom stereocenters. The SMILES string of the molecule is CC(C)[Si](C(C)C)(C(C)C)n1ccc(-c2ccc(C(F)(F)F)cc2CN2C(=O)O[C@H](c3cc(C(F)(F)F)cc(C(F)(F)F)c3)[C@@H]2C)c1. The summed E-state index contributed by atoms with van der Waals surface area (Å²) in [6.45, 7) is 13.9. The standard InChI is InChI=1S/C33H37F9N2O2Si/c1-18(2)47(19(3)4,20(5)6)43-11-10-22(16-43)28-9-8-25(31(34,35)36)14-24(28)17-44-21(7)29(46-30(44)45)23-12-26(32(37,38)39)15-27(13-23)33(40,41)42/h8-16,18-21,29H,17H2,1-7H3/t21-,29-/m0/s1. The minimum Gasteiger partial charge on any atom is -0.439 e. The van der Waals surface area contributed by atoms with E-state index in [9.17, 15) is 44.3 Å². The van der Waals surface area contributed by atoms with Gasteiger partial charge >= 0.3 is 24.6 Å². The van der Waals surface area contributed by atoms with Gasteiger partial charge < -0.3 is 8.97 Å². The van der Waals surface area contributed by atoms with Crippen LogP contribution in [0.4, 0.5) is 44.3 Å². The summed E-state index contributed by atoms with van der Waals surface area (Å²) in [5.41, 5.74) is -2.59. The van der Waals surface area contributed by atoms with Crippen LogP contribution in [0.1, 0.15) is 82.4 Å². The maximum Gasteiger partial charge on any atom is 0.416 e. The summed E-state index contributed by atoms with van der Waals surface area (Å²) in [5, 5.41) is 0. The van der Waals surface area contributed by atoms with Gasteiger partial charge in [0.05, 0.1) is 29.3 Å². The van der Waals surface area contributed by atoms with E-state index in [0.29, 0.717) is 39.9 Å². The normalized spacial score (nSPS) is 18.2. The maximum absolute atomic E-state index is 13.9. The van der Waals surface area contributed by atoms with Gasteiger partial charge in [-0.05, 0) is 88.4 Å². The molecule has 2 heterocycles. The van der Waals surface area contributed by atoms with E-state index >= 15 is 0 Å². The number of carbonyl (C=O) groups is 1. The number of ether oxygens (including phenoxy) is 1. The van der Waals surface area contributed by atoms with E-state index in [2.05, 4.69) is 45.8 Å². The summed E-state index contributed by atoms with van der Waals surface area (Å²) in [7, 11) is -2.22. The van der Waals surface area contributed by atoms with Crippen LogP contribution in [0, 0.1) is 0 Å². The van der Waals surface area contributed by atoms with Gasteiger partial charge in [0, 0.05) is 6.20 Å². The molecule has 1 aliphatic rings. The van der Waals surface area contributed by atoms with Crippen molar-refractivity contribution in [1.29, 1.82) is 0 Å². The van der Waals surface area contributed by atoms with Gasteiger partial charge in [0.2, 0.25) is 0 Å². The van der Waals surface area contributed by atoms with Crippen molar-refractivity contribution in [3.8, 4) is 11.1 Å². The molecule has 0 bridgehead atoms. The highest BCUT2D eigenvalue weighted by atomic mass is 28.3. The summed E-state index contributed by atoms with van der Waals surface area (Å²) in [6, 6.07) is 4.78. The van der Waals surface area contributed by atoms with Gasteiger partial charge in [-0.25, -0.2) is 4.79 Å². The molecule has 1 aromatic heterocycles. The molecule has 0 radical (unpaired) electrons. The van der Waals surface area contributed by atoms with Crippen LogP contribution in [0.15, 0.2) is 54.9 Å². The summed E-state index contributed by atoms with van der Waals surface area (Å²) < 4.78 is 130. The molecule has 0 saturated carbocycles. The molecule has 47 heavy (non-hydrogen) atoms. The number of carbonyl (C=O) groups excluding carboxylic acids is 1. The lowest BCUT2D eigenvalue weighted by Crippen LogP contribution is -2.51. The van der Waals surface area contributed by atoms with E-state index in [-0.39, 0.29) is 11.6 Å². The van der Waals surface area contributed by atoms with Crippen LogP contribution in [0.5, 0.6) is 0 Å². The van der Waals surface area contributed by atoms with E-state index in [1.54, 1.807) is 6.07 Å². The lowest BCUT2D eigenvalue weighted by Gasteiger charge is -2.44. The first-order valence-corrected chi connectivity index (χ1v) is 17.3. The van der Waals surface area contributed by atoms with E-state index in [1.165, 1.54) is 13.0 Å². The van der Waals surface area contributed by atoms with Gasteiger partial charge in [0.15, 0.2) is 8.24 Å². The molecule has 1 aliphatic heterocycles. The fourth-order valence-corrected chi connectivity index (χ4v) is 13.8. The molecule has 258 valence electrons. The topological polar surface area (TPSA) is 34.5 Å². The number of rotatable bonds is 8. The third kappa shape index (κ3) is 6.93. The molecule has 4 rings (SSSR count). The zero-order chi connectivity index (χ0) is 35.4. The number of hydrogen-bond donors (Lipinski definition) is 0. The summed E-state index contributed by atoms with van der Waals surface area (Å²) in [5.74, 6) is 0. The predicted molar refractivity (Wildman–Crippen MR) is 162 cm³/mol. The Morgan fingerprint density at radius 1 is 0.745 bits per heavy atom. The fourth-order valence-electron chi connectivity index (χ4n) is 7.36. The minimum absolute atomic E-state index is 0.0286. The second-order valence-electron chi connectivity index (χ2n) is 13.0. The van der Waals surface area contributed by atoms with E-state index in [1.807, 2.05) is 12.4 Å². The molecule has 1 amide bonds. The van der Waals surface area contributed by atoms with Gasteiger partial charge in [-0.3, -0.25) is 4.90 Å². The summed E-state index contributed by atoms with van der Waals surface area (Å²) in [6.07, 6.45) is -13.7. The first kappa shape index (κ1) is 36.4. The lowest BCUT2D eigenvalue weighted by atomic mass is 9.96. The average Bonchev–Trinajstić information content (AvgIpc) is 3.52. The fraction of sp³-hybridized carbons (Fsp3) is 0.485. The Bertz CT molecular complexity index is 1550. The Morgan fingerprint density at radius 2 is 1.26 bits per heavy atom. The monoisotopic (exact) mass is 692 g/mol. The van der Waals surface area contributed by atoms with Crippen molar-refractivity contribution < 1.29 is 49.0 Å². The van der Waals surface area contributed by atoms with Crippen LogP contribution in [0.25, 0.3) is 11.1 Å². The Labute approximate surface area is 268 Å². The lowest BCUT2D eigenvalue weighted by molar-refractivity contribution is -0.143. The molecule has 4 nitrogen and oxygen atoms in total. The Kier molecular flexibility index (Phi) is 9.72. The second-order valence-corrected chi connectivity index (χ2v) is 18.8. The van der Waals surface area contributed by atoms with E-state index in [0.717, 1.165) is 17.0 Å². The van der Waals surface area contributed by atoms with Gasteiger partial charge in [-0.15, -0.1) is 0 Å². The molecule has 1 saturated heterocycles. The molecule has 3 aromatic rings. The van der Waals surface area contributed by atoms with Crippen LogP contribution in [0.2, 0.25) is 16.6 Å². The number of amides is 1. The zero-order valence-electron chi connectivity index (χ0n) is 26.9. The van der Waals surface area contributed by atoms with E-state index < -0.39 is 73.8 Å². The molecule has 0 N–H and O–H groups in total. The number of hydrogen-bond acceptors (Lipinski definition) is 2. The van der Waals surface area contributed by atoms with Crippen LogP contribution < -0.4 is 0 Å². The number of cyclic esters (lactones) is 1. The smallest absolute Gasteiger partial charge is 0.416 e. The molecule has 14 heteroatoms. The van der Waals surface area contributed by atoms with Gasteiger partial charge in [-0.1, -0.05) is 47.6 Å². The number of halogens is 9. The van der Waals surface area contributed by atoms with Crippen molar-refractivity contribution in [3.63, 3.8) is 0 Å². The highest BCUT2D eigenvalue weighted by Gasteiger charge is 2.46. The van der Waals surface area contributed by atoms with Crippen LogP contribution in [0.3, 0.4) is 0 Å². The van der Waals surface area contributed by atoms with Crippen molar-refractivity contribution in [2.24, 2.45) is 0 Å². The Hall–Kier alpha value is -3.42. The van der Waals surface area contributed by atoms with Crippen LogP contribution in [-0.2, 0) is 29.8 Å². The number of aromatic nitrogens is 1. The minimum atomic E-state index is -5.12. The summed E-state index contributed by atoms with van der Waals surface area (Å²) in [4.78, 5) is 14.1. The first-order chi connectivity index (χ1) is 21.5. The zero-order valence-corrected chi connectivity index (χ0v) is 27.9. The molecule has 2 atom stereocenters. The third-order valence-electron chi connectivity index (χ3n) is 9.33. The first-order valence-electron chi connectivity index (χ1n) is 15.1. The predicted octanol–water partition coefficient (Wildman–Crippen LogP) is 11.3. The molecule has 0 spiro atoms. The van der Waals surface area contributed by atoms with Gasteiger partial charge in [0.25, 0.3) is 0 Å². The van der Waals surface area contributed by atoms with Crippen molar-refractivity contribution in [2.45, 2.75) is 102 Å². The van der Waals surface area contributed by atoms with Crippen molar-refractivity contribution in [3.05, 3.63) is 82.7 Å². The Morgan fingerprint density at radius 3 is 1.72 bits per heavy atom. The summed E-state index contributed by atoms with van der Waals surface area (Å²) >= 11 is 0. The van der Waals surface area contributed by atoms with E-state index in [4.69, 9.17) is 4.74 Å². The van der Waals surface area contributed by atoms with Crippen LogP contribution >= 0.6 is 0 Å². The second kappa shape index (κ2) is 12.6. The van der Waals surface area contributed by atoms with Crippen molar-refractivity contribution >= 4 is 14.3 Å². The molecule has 0 aliphatic carbocycles. The van der Waals surface area contributed by atoms with Crippen LogP contribution in [-0.4, -0.2) is 29.5 Å².